The Morgan fingerprint density at radius 2 is 0.897 bits per heavy atom. The van der Waals surface area contributed by atoms with Crippen molar-refractivity contribution in [2.45, 2.75) is 319 Å². The van der Waals surface area contributed by atoms with Crippen molar-refractivity contribution < 1.29 is 50.0 Å². The minimum absolute atomic E-state index is 0.258. The third-order valence-corrected chi connectivity index (χ3v) is 14.0. The van der Waals surface area contributed by atoms with Crippen molar-refractivity contribution in [2.24, 2.45) is 0 Å². The minimum atomic E-state index is -1.66. The van der Waals surface area contributed by atoms with Gasteiger partial charge in [0, 0.05) is 0 Å². The molecule has 0 aromatic rings. The van der Waals surface area contributed by atoms with Gasteiger partial charge in [0.2, 0.25) is 5.91 Å². The molecule has 1 aliphatic heterocycles. The molecule has 1 fully saturated rings. The van der Waals surface area contributed by atoms with Gasteiger partial charge in [-0.1, -0.05) is 244 Å². The van der Waals surface area contributed by atoms with Crippen molar-refractivity contribution >= 4 is 5.91 Å². The molecule has 8 N–H and O–H groups in total. The summed E-state index contributed by atoms with van der Waals surface area (Å²) in [7, 11) is 0. The number of aliphatic hydroxyl groups excluding tert-OH is 7. The standard InChI is InChI=1S/C57H109NO10/c1-3-5-7-9-11-13-15-17-19-20-21-22-23-24-25-26-27-28-29-31-33-35-37-39-41-43-45-50(61)56(66)58-48(47-67-57-55(65)54(64)53(63)51(46-59)68-57)52(62)49(60)44-42-40-38-36-34-32-30-18-16-14-12-10-8-6-4-2/h21-22,24-25,48-55,57,59-65H,3-20,23,26-47H2,1-2H3,(H,58,66)/b22-21-,25-24-. The number of nitrogens with one attached hydrogen (secondary N) is 1. The molecule has 9 unspecified atom stereocenters. The maximum absolute atomic E-state index is 13.2. The number of hydrogen-bond acceptors (Lipinski definition) is 10. The van der Waals surface area contributed by atoms with E-state index in [-0.39, 0.29) is 6.42 Å². The molecule has 0 saturated carbocycles. The number of amides is 1. The molecule has 1 rings (SSSR count). The second kappa shape index (κ2) is 46.6. The Kier molecular flexibility index (Phi) is 44.3. The van der Waals surface area contributed by atoms with Crippen LogP contribution in [0.15, 0.2) is 24.3 Å². The fourth-order valence-electron chi connectivity index (χ4n) is 9.30. The Balaban J connectivity index is 2.29. The van der Waals surface area contributed by atoms with Crippen molar-refractivity contribution in [2.75, 3.05) is 13.2 Å². The summed E-state index contributed by atoms with van der Waals surface area (Å²) in [5.41, 5.74) is 0. The maximum atomic E-state index is 13.2. The average molecular weight is 968 g/mol. The lowest BCUT2D eigenvalue weighted by Gasteiger charge is -2.40. The van der Waals surface area contributed by atoms with Gasteiger partial charge in [-0.3, -0.25) is 4.79 Å². The first-order chi connectivity index (χ1) is 33.2. The molecule has 9 atom stereocenters. The summed E-state index contributed by atoms with van der Waals surface area (Å²) < 4.78 is 11.1. The first-order valence-corrected chi connectivity index (χ1v) is 28.7. The van der Waals surface area contributed by atoms with E-state index in [2.05, 4.69) is 43.5 Å². The molecule has 1 heterocycles. The lowest BCUT2D eigenvalue weighted by molar-refractivity contribution is -0.303. The van der Waals surface area contributed by atoms with E-state index in [0.717, 1.165) is 51.4 Å². The van der Waals surface area contributed by atoms with Crippen LogP contribution in [-0.2, 0) is 14.3 Å². The number of unbranched alkanes of at least 4 members (excludes halogenated alkanes) is 33. The van der Waals surface area contributed by atoms with E-state index in [0.29, 0.717) is 19.3 Å². The Labute approximate surface area is 416 Å². The van der Waals surface area contributed by atoms with Gasteiger partial charge in [-0.25, -0.2) is 0 Å². The zero-order valence-electron chi connectivity index (χ0n) is 43.9. The summed E-state index contributed by atoms with van der Waals surface area (Å²) in [6, 6.07) is -1.17. The number of hydrogen-bond donors (Lipinski definition) is 8. The summed E-state index contributed by atoms with van der Waals surface area (Å²) in [6.07, 6.45) is 43.7. The third-order valence-electron chi connectivity index (χ3n) is 14.0. The second-order valence-corrected chi connectivity index (χ2v) is 20.4. The highest BCUT2D eigenvalue weighted by Crippen LogP contribution is 2.23. The van der Waals surface area contributed by atoms with Gasteiger partial charge in [-0.15, -0.1) is 0 Å². The van der Waals surface area contributed by atoms with Crippen molar-refractivity contribution in [1.29, 1.82) is 0 Å². The second-order valence-electron chi connectivity index (χ2n) is 20.4. The number of carbonyl (C=O) groups is 1. The average Bonchev–Trinajstić information content (AvgIpc) is 3.34. The van der Waals surface area contributed by atoms with Crippen LogP contribution in [0, 0.1) is 0 Å². The predicted molar refractivity (Wildman–Crippen MR) is 279 cm³/mol. The Morgan fingerprint density at radius 1 is 0.515 bits per heavy atom. The zero-order valence-corrected chi connectivity index (χ0v) is 43.9. The normalized spacial score (nSPS) is 20.6. The SMILES string of the molecule is CCCCCCCCCCC/C=C\C/C=C\CCCCCCCCCCCCC(O)C(=O)NC(COC1OC(CO)C(O)C(O)C1O)C(O)C(O)CCCCCCCCCCCCCCCCC. The minimum Gasteiger partial charge on any atom is -0.394 e. The van der Waals surface area contributed by atoms with Crippen LogP contribution in [0.4, 0.5) is 0 Å². The van der Waals surface area contributed by atoms with E-state index in [4.69, 9.17) is 9.47 Å². The molecule has 11 heteroatoms. The molecule has 0 aromatic carbocycles. The predicted octanol–water partition coefficient (Wildman–Crippen LogP) is 11.7. The van der Waals surface area contributed by atoms with Gasteiger partial charge >= 0.3 is 0 Å². The number of aliphatic hydroxyl groups is 7. The smallest absolute Gasteiger partial charge is 0.249 e. The molecule has 68 heavy (non-hydrogen) atoms. The molecule has 11 nitrogen and oxygen atoms in total. The molecule has 0 bridgehead atoms. The lowest BCUT2D eigenvalue weighted by Crippen LogP contribution is -2.60. The highest BCUT2D eigenvalue weighted by atomic mass is 16.7. The van der Waals surface area contributed by atoms with Crippen molar-refractivity contribution in [3.63, 3.8) is 0 Å². The van der Waals surface area contributed by atoms with Gasteiger partial charge in [0.25, 0.3) is 0 Å². The van der Waals surface area contributed by atoms with Crippen LogP contribution in [0.25, 0.3) is 0 Å². The van der Waals surface area contributed by atoms with E-state index in [1.165, 1.54) is 173 Å². The molecule has 1 amide bonds. The molecule has 0 radical (unpaired) electrons. The van der Waals surface area contributed by atoms with Crippen molar-refractivity contribution in [1.82, 2.24) is 5.32 Å². The van der Waals surface area contributed by atoms with Crippen LogP contribution in [0.3, 0.4) is 0 Å². The summed E-state index contributed by atoms with van der Waals surface area (Å²) >= 11 is 0. The number of ether oxygens (including phenoxy) is 2. The van der Waals surface area contributed by atoms with Crippen LogP contribution < -0.4 is 5.32 Å². The number of rotatable bonds is 49. The first-order valence-electron chi connectivity index (χ1n) is 28.7. The fraction of sp³-hybridized carbons (Fsp3) is 0.912. The summed E-state index contributed by atoms with van der Waals surface area (Å²) in [6.45, 7) is 3.47. The molecular weight excluding hydrogens is 859 g/mol. The van der Waals surface area contributed by atoms with E-state index >= 15 is 0 Å². The Hall–Kier alpha value is -1.41. The quantitative estimate of drug-likeness (QED) is 0.0215. The number of carbonyl (C=O) groups excluding carboxylic acids is 1. The zero-order chi connectivity index (χ0) is 49.7. The van der Waals surface area contributed by atoms with Crippen LogP contribution in [0.5, 0.6) is 0 Å². The monoisotopic (exact) mass is 968 g/mol. The highest BCUT2D eigenvalue weighted by molar-refractivity contribution is 5.80. The van der Waals surface area contributed by atoms with Gasteiger partial charge < -0.3 is 50.5 Å². The molecular formula is C57H109NO10. The molecule has 0 aromatic heterocycles. The lowest BCUT2D eigenvalue weighted by atomic mass is 9.98. The third kappa shape index (κ3) is 34.8. The van der Waals surface area contributed by atoms with Gasteiger partial charge in [0.15, 0.2) is 6.29 Å². The maximum Gasteiger partial charge on any atom is 0.249 e. The largest absolute Gasteiger partial charge is 0.394 e. The van der Waals surface area contributed by atoms with E-state index in [9.17, 15) is 40.5 Å². The van der Waals surface area contributed by atoms with Gasteiger partial charge in [0.1, 0.15) is 36.6 Å². The van der Waals surface area contributed by atoms with Crippen LogP contribution in [0.2, 0.25) is 0 Å². The summed E-state index contributed by atoms with van der Waals surface area (Å²) in [5.74, 6) is -0.697. The summed E-state index contributed by atoms with van der Waals surface area (Å²) in [5, 5.41) is 76.1. The van der Waals surface area contributed by atoms with Gasteiger partial charge in [0.05, 0.1) is 25.4 Å². The molecule has 1 aliphatic rings. The number of allylic oxidation sites excluding steroid dienone is 4. The van der Waals surface area contributed by atoms with Gasteiger partial charge in [-0.05, 0) is 44.9 Å². The van der Waals surface area contributed by atoms with Crippen LogP contribution >= 0.6 is 0 Å². The summed E-state index contributed by atoms with van der Waals surface area (Å²) in [4.78, 5) is 13.2. The van der Waals surface area contributed by atoms with Crippen molar-refractivity contribution in [3.05, 3.63) is 24.3 Å². The fourth-order valence-corrected chi connectivity index (χ4v) is 9.30. The van der Waals surface area contributed by atoms with Crippen molar-refractivity contribution in [3.8, 4) is 0 Å². The highest BCUT2D eigenvalue weighted by Gasteiger charge is 2.44. The van der Waals surface area contributed by atoms with E-state index < -0.39 is 74.2 Å². The topological polar surface area (TPSA) is 189 Å². The van der Waals surface area contributed by atoms with Crippen LogP contribution in [0.1, 0.15) is 264 Å². The molecule has 0 spiro atoms. The van der Waals surface area contributed by atoms with E-state index in [1.807, 2.05) is 0 Å². The molecule has 402 valence electrons. The Bertz CT molecular complexity index is 1160. The molecule has 0 aliphatic carbocycles. The Morgan fingerprint density at radius 3 is 1.31 bits per heavy atom. The van der Waals surface area contributed by atoms with Crippen LogP contribution in [-0.4, -0.2) is 110 Å². The van der Waals surface area contributed by atoms with Gasteiger partial charge in [-0.2, -0.15) is 0 Å². The molecule has 1 saturated heterocycles. The first kappa shape index (κ1) is 64.6. The van der Waals surface area contributed by atoms with E-state index in [1.54, 1.807) is 0 Å².